The van der Waals surface area contributed by atoms with Crippen molar-refractivity contribution in [1.82, 2.24) is 19.9 Å². The molecule has 0 fully saturated rings. The van der Waals surface area contributed by atoms with E-state index in [1.54, 1.807) is 12.1 Å². The van der Waals surface area contributed by atoms with Crippen LogP contribution < -0.4 is 4.72 Å². The fourth-order valence-electron chi connectivity index (χ4n) is 1.57. The zero-order chi connectivity index (χ0) is 14.9. The predicted molar refractivity (Wildman–Crippen MR) is 77.4 cm³/mol. The summed E-state index contributed by atoms with van der Waals surface area (Å²) in [6, 6.07) is 6.41. The van der Waals surface area contributed by atoms with Crippen molar-refractivity contribution in [3.63, 3.8) is 0 Å². The first-order valence-electron chi connectivity index (χ1n) is 5.75. The molecule has 110 valence electrons. The van der Waals surface area contributed by atoms with Gasteiger partial charge in [-0.3, -0.25) is 5.10 Å². The second kappa shape index (κ2) is 5.60. The average molecular weight is 345 g/mol. The number of H-pyrrole nitrogens is 1. The van der Waals surface area contributed by atoms with Crippen LogP contribution in [0.5, 0.6) is 0 Å². The molecule has 0 aliphatic carbocycles. The standard InChI is InChI=1S/C11H9ClN4O3S2/c12-8-3-4-10(20-8)21(17,18)13-6-9-14-11(16-15-9)7-2-1-5-19-7/h1-5,13H,6H2,(H,14,15,16). The van der Waals surface area contributed by atoms with E-state index in [-0.39, 0.29) is 10.8 Å². The van der Waals surface area contributed by atoms with Gasteiger partial charge in [-0.1, -0.05) is 11.6 Å². The van der Waals surface area contributed by atoms with Gasteiger partial charge in [-0.25, -0.2) is 18.1 Å². The van der Waals surface area contributed by atoms with Crippen LogP contribution in [0.3, 0.4) is 0 Å². The summed E-state index contributed by atoms with van der Waals surface area (Å²) in [6.07, 6.45) is 1.51. The third kappa shape index (κ3) is 3.16. The van der Waals surface area contributed by atoms with Crippen LogP contribution >= 0.6 is 22.9 Å². The number of aromatic amines is 1. The molecule has 0 saturated heterocycles. The van der Waals surface area contributed by atoms with Crippen LogP contribution in [-0.2, 0) is 16.6 Å². The third-order valence-corrected chi connectivity index (χ3v) is 5.64. The van der Waals surface area contributed by atoms with Crippen molar-refractivity contribution >= 4 is 33.0 Å². The summed E-state index contributed by atoms with van der Waals surface area (Å²) in [5.74, 6) is 1.26. The largest absolute Gasteiger partial charge is 0.461 e. The lowest BCUT2D eigenvalue weighted by Crippen LogP contribution is -2.23. The summed E-state index contributed by atoms with van der Waals surface area (Å²) in [7, 11) is -3.61. The van der Waals surface area contributed by atoms with E-state index in [0.29, 0.717) is 21.7 Å². The van der Waals surface area contributed by atoms with E-state index in [9.17, 15) is 8.42 Å². The molecular formula is C11H9ClN4O3S2. The van der Waals surface area contributed by atoms with E-state index >= 15 is 0 Å². The number of hydrogen-bond acceptors (Lipinski definition) is 6. The average Bonchev–Trinajstić information content (AvgIpc) is 3.17. The molecule has 3 heterocycles. The van der Waals surface area contributed by atoms with Crippen LogP contribution in [-0.4, -0.2) is 23.6 Å². The minimum Gasteiger partial charge on any atom is -0.461 e. The fraction of sp³-hybridized carbons (Fsp3) is 0.0909. The Labute approximate surface area is 129 Å². The molecule has 21 heavy (non-hydrogen) atoms. The van der Waals surface area contributed by atoms with Crippen LogP contribution in [0.2, 0.25) is 4.34 Å². The molecule has 0 aliphatic heterocycles. The van der Waals surface area contributed by atoms with Gasteiger partial charge in [0.1, 0.15) is 10.0 Å². The Bertz CT molecular complexity index is 839. The number of nitrogens with one attached hydrogen (secondary N) is 2. The molecular weight excluding hydrogens is 336 g/mol. The topological polar surface area (TPSA) is 101 Å². The Morgan fingerprint density at radius 2 is 2.24 bits per heavy atom. The SMILES string of the molecule is O=S(=O)(NCc1nc(-c2ccco2)n[nH]1)c1ccc(Cl)s1. The first-order chi connectivity index (χ1) is 10.0. The molecule has 0 atom stereocenters. The van der Waals surface area contributed by atoms with Gasteiger partial charge in [0.05, 0.1) is 17.1 Å². The van der Waals surface area contributed by atoms with Crippen LogP contribution in [0.1, 0.15) is 5.82 Å². The molecule has 3 aromatic rings. The highest BCUT2D eigenvalue weighted by Crippen LogP contribution is 2.25. The number of halogens is 1. The maximum atomic E-state index is 12.0. The van der Waals surface area contributed by atoms with E-state index < -0.39 is 10.0 Å². The molecule has 0 aliphatic rings. The van der Waals surface area contributed by atoms with Crippen molar-refractivity contribution in [2.24, 2.45) is 0 Å². The Balaban J connectivity index is 1.71. The quantitative estimate of drug-likeness (QED) is 0.739. The van der Waals surface area contributed by atoms with Crippen molar-refractivity contribution < 1.29 is 12.8 Å². The molecule has 0 amide bonds. The molecule has 0 spiro atoms. The molecule has 0 aromatic carbocycles. The summed E-state index contributed by atoms with van der Waals surface area (Å²) in [6.45, 7) is -0.00837. The summed E-state index contributed by atoms with van der Waals surface area (Å²) < 4.78 is 32.2. The number of nitrogens with zero attached hydrogens (tertiary/aromatic N) is 2. The number of rotatable bonds is 5. The van der Waals surface area contributed by atoms with Crippen molar-refractivity contribution in [1.29, 1.82) is 0 Å². The summed E-state index contributed by atoms with van der Waals surface area (Å²) in [5.41, 5.74) is 0. The maximum Gasteiger partial charge on any atom is 0.250 e. The zero-order valence-corrected chi connectivity index (χ0v) is 12.8. The van der Waals surface area contributed by atoms with Crippen molar-refractivity contribution in [3.8, 4) is 11.6 Å². The van der Waals surface area contributed by atoms with Crippen LogP contribution in [0.15, 0.2) is 39.2 Å². The monoisotopic (exact) mass is 344 g/mol. The van der Waals surface area contributed by atoms with Crippen LogP contribution in [0.4, 0.5) is 0 Å². The Morgan fingerprint density at radius 3 is 2.90 bits per heavy atom. The second-order valence-corrected chi connectivity index (χ2v) is 7.67. The second-order valence-electron chi connectivity index (χ2n) is 3.97. The number of furan rings is 1. The number of aromatic nitrogens is 3. The summed E-state index contributed by atoms with van der Waals surface area (Å²) in [4.78, 5) is 4.14. The lowest BCUT2D eigenvalue weighted by Gasteiger charge is -2.01. The molecule has 0 bridgehead atoms. The minimum absolute atomic E-state index is 0.00837. The van der Waals surface area contributed by atoms with Gasteiger partial charge in [0.2, 0.25) is 5.82 Å². The van der Waals surface area contributed by atoms with Gasteiger partial charge in [-0.15, -0.1) is 16.4 Å². The van der Waals surface area contributed by atoms with Gasteiger partial charge < -0.3 is 4.42 Å². The number of sulfonamides is 1. The van der Waals surface area contributed by atoms with Gasteiger partial charge in [-0.2, -0.15) is 0 Å². The van der Waals surface area contributed by atoms with Gasteiger partial charge in [0.25, 0.3) is 10.0 Å². The van der Waals surface area contributed by atoms with Gasteiger partial charge in [-0.05, 0) is 24.3 Å². The molecule has 10 heteroatoms. The van der Waals surface area contributed by atoms with E-state index in [1.807, 2.05) is 0 Å². The lowest BCUT2D eigenvalue weighted by molar-refractivity contribution is 0.577. The molecule has 3 rings (SSSR count). The Hall–Kier alpha value is -1.68. The molecule has 0 unspecified atom stereocenters. The first kappa shape index (κ1) is 14.3. The van der Waals surface area contributed by atoms with E-state index in [0.717, 1.165) is 11.3 Å². The highest BCUT2D eigenvalue weighted by atomic mass is 35.5. The van der Waals surface area contributed by atoms with E-state index in [1.165, 1.54) is 18.4 Å². The highest BCUT2D eigenvalue weighted by molar-refractivity contribution is 7.91. The minimum atomic E-state index is -3.61. The van der Waals surface area contributed by atoms with Crippen molar-refractivity contribution in [2.45, 2.75) is 10.8 Å². The van der Waals surface area contributed by atoms with Crippen LogP contribution in [0.25, 0.3) is 11.6 Å². The summed E-state index contributed by atoms with van der Waals surface area (Å²) in [5, 5.41) is 6.61. The summed E-state index contributed by atoms with van der Waals surface area (Å²) >= 11 is 6.72. The first-order valence-corrected chi connectivity index (χ1v) is 8.42. The van der Waals surface area contributed by atoms with E-state index in [4.69, 9.17) is 16.0 Å². The molecule has 2 N–H and O–H groups in total. The molecule has 0 saturated carbocycles. The lowest BCUT2D eigenvalue weighted by atomic mass is 10.4. The molecule has 3 aromatic heterocycles. The van der Waals surface area contributed by atoms with Gasteiger partial charge in [0.15, 0.2) is 5.76 Å². The van der Waals surface area contributed by atoms with Gasteiger partial charge >= 0.3 is 0 Å². The van der Waals surface area contributed by atoms with Gasteiger partial charge in [0, 0.05) is 0 Å². The number of hydrogen-bond donors (Lipinski definition) is 2. The van der Waals surface area contributed by atoms with E-state index in [2.05, 4.69) is 19.9 Å². The third-order valence-electron chi connectivity index (χ3n) is 2.52. The molecule has 7 nitrogen and oxygen atoms in total. The zero-order valence-electron chi connectivity index (χ0n) is 10.4. The Kier molecular flexibility index (Phi) is 3.81. The Morgan fingerprint density at radius 1 is 1.38 bits per heavy atom. The number of thiophene rings is 1. The van der Waals surface area contributed by atoms with Crippen LogP contribution in [0, 0.1) is 0 Å². The fourth-order valence-corrected chi connectivity index (χ4v) is 4.08. The van der Waals surface area contributed by atoms with Crippen molar-refractivity contribution in [2.75, 3.05) is 0 Å². The van der Waals surface area contributed by atoms with Crippen molar-refractivity contribution in [3.05, 3.63) is 40.7 Å². The predicted octanol–water partition coefficient (Wildman–Crippen LogP) is 2.26. The molecule has 0 radical (unpaired) electrons. The normalized spacial score (nSPS) is 11.9. The maximum absolute atomic E-state index is 12.0. The highest BCUT2D eigenvalue weighted by Gasteiger charge is 2.17. The smallest absolute Gasteiger partial charge is 0.250 e.